The Balaban J connectivity index is 1.82. The van der Waals surface area contributed by atoms with Crippen LogP contribution >= 0.6 is 22.9 Å². The number of rotatable bonds is 5. The summed E-state index contributed by atoms with van der Waals surface area (Å²) in [5.74, 6) is 0.826. The summed E-state index contributed by atoms with van der Waals surface area (Å²) in [7, 11) is 0. The molecule has 0 saturated carbocycles. The lowest BCUT2D eigenvalue weighted by Crippen LogP contribution is -2.30. The van der Waals surface area contributed by atoms with Crippen molar-refractivity contribution in [2.75, 3.05) is 4.90 Å². The summed E-state index contributed by atoms with van der Waals surface area (Å²) >= 11 is 7.79. The van der Waals surface area contributed by atoms with Crippen LogP contribution in [0.2, 0.25) is 5.02 Å². The van der Waals surface area contributed by atoms with Crippen molar-refractivity contribution in [1.29, 1.82) is 0 Å². The Hall–Kier alpha value is -2.63. The summed E-state index contributed by atoms with van der Waals surface area (Å²) in [4.78, 5) is 19.8. The Morgan fingerprint density at radius 3 is 2.68 bits per heavy atom. The van der Waals surface area contributed by atoms with E-state index >= 15 is 0 Å². The van der Waals surface area contributed by atoms with Crippen molar-refractivity contribution in [1.82, 2.24) is 4.98 Å². The predicted molar refractivity (Wildman–Crippen MR) is 114 cm³/mol. The quantitative estimate of drug-likeness (QED) is 0.376. The molecule has 28 heavy (non-hydrogen) atoms. The number of anilines is 1. The van der Waals surface area contributed by atoms with Crippen LogP contribution in [0.1, 0.15) is 41.4 Å². The molecule has 0 unspecified atom stereocenters. The number of benzene rings is 2. The largest absolute Gasteiger partial charge is 0.467 e. The van der Waals surface area contributed by atoms with Crippen molar-refractivity contribution < 1.29 is 9.21 Å². The zero-order valence-electron chi connectivity index (χ0n) is 15.6. The molecule has 0 bridgehead atoms. The number of carbonyl (C=O) groups is 1. The van der Waals surface area contributed by atoms with Crippen LogP contribution in [0.25, 0.3) is 10.2 Å². The fourth-order valence-corrected chi connectivity index (χ4v) is 4.32. The van der Waals surface area contributed by atoms with Gasteiger partial charge in [0.25, 0.3) is 5.91 Å². The standard InChI is InChI=1S/C22H19ClN2O2S/c1-14(2)16-9-5-11-19-20(16)24-22(28-19)25(13-15-7-6-12-27-15)21(26)17-8-3-4-10-18(17)23/h3-12,14H,13H2,1-2H3. The number of carbonyl (C=O) groups excluding carboxylic acids is 1. The summed E-state index contributed by atoms with van der Waals surface area (Å²) in [6.45, 7) is 4.57. The monoisotopic (exact) mass is 410 g/mol. The summed E-state index contributed by atoms with van der Waals surface area (Å²) < 4.78 is 6.54. The Morgan fingerprint density at radius 1 is 1.14 bits per heavy atom. The third-order valence-corrected chi connectivity index (χ3v) is 5.91. The lowest BCUT2D eigenvalue weighted by molar-refractivity contribution is 0.0983. The third-order valence-electron chi connectivity index (χ3n) is 4.54. The Kier molecular flexibility index (Phi) is 5.20. The molecule has 0 atom stereocenters. The van der Waals surface area contributed by atoms with Crippen LogP contribution in [-0.4, -0.2) is 10.9 Å². The van der Waals surface area contributed by atoms with Gasteiger partial charge in [-0.05, 0) is 41.8 Å². The molecule has 4 rings (SSSR count). The van der Waals surface area contributed by atoms with Gasteiger partial charge in [0.05, 0.1) is 33.6 Å². The van der Waals surface area contributed by atoms with Crippen LogP contribution in [0.3, 0.4) is 0 Å². The number of thiazole rings is 1. The van der Waals surface area contributed by atoms with E-state index in [9.17, 15) is 4.79 Å². The smallest absolute Gasteiger partial charge is 0.262 e. The van der Waals surface area contributed by atoms with Crippen LogP contribution < -0.4 is 4.90 Å². The third kappa shape index (κ3) is 3.55. The second-order valence-electron chi connectivity index (χ2n) is 6.80. The van der Waals surface area contributed by atoms with E-state index < -0.39 is 0 Å². The van der Waals surface area contributed by atoms with Gasteiger partial charge in [0.1, 0.15) is 5.76 Å². The minimum atomic E-state index is -0.202. The van der Waals surface area contributed by atoms with E-state index in [1.54, 1.807) is 29.4 Å². The highest BCUT2D eigenvalue weighted by Crippen LogP contribution is 2.35. The van der Waals surface area contributed by atoms with Gasteiger partial charge in [0, 0.05) is 0 Å². The molecule has 4 aromatic rings. The van der Waals surface area contributed by atoms with E-state index in [1.165, 1.54) is 16.9 Å². The van der Waals surface area contributed by atoms with Crippen molar-refractivity contribution >= 4 is 44.2 Å². The molecule has 142 valence electrons. The molecular formula is C22H19ClN2O2S. The van der Waals surface area contributed by atoms with E-state index in [2.05, 4.69) is 19.9 Å². The molecule has 6 heteroatoms. The highest BCUT2D eigenvalue weighted by Gasteiger charge is 2.25. The van der Waals surface area contributed by atoms with E-state index in [4.69, 9.17) is 21.0 Å². The molecule has 0 N–H and O–H groups in total. The van der Waals surface area contributed by atoms with E-state index in [0.717, 1.165) is 10.2 Å². The fraction of sp³-hybridized carbons (Fsp3) is 0.182. The van der Waals surface area contributed by atoms with Gasteiger partial charge >= 0.3 is 0 Å². The first-order valence-electron chi connectivity index (χ1n) is 9.03. The van der Waals surface area contributed by atoms with Crippen molar-refractivity contribution in [3.8, 4) is 0 Å². The number of furan rings is 1. The van der Waals surface area contributed by atoms with E-state index in [0.29, 0.717) is 27.4 Å². The van der Waals surface area contributed by atoms with Gasteiger partial charge in [-0.3, -0.25) is 9.69 Å². The van der Waals surface area contributed by atoms with Crippen LogP contribution in [-0.2, 0) is 6.54 Å². The molecule has 0 aliphatic rings. The summed E-state index contributed by atoms with van der Waals surface area (Å²) in [6.07, 6.45) is 1.60. The lowest BCUT2D eigenvalue weighted by atomic mass is 10.0. The molecule has 0 aliphatic heterocycles. The number of amides is 1. The fourth-order valence-electron chi connectivity index (χ4n) is 3.10. The second-order valence-corrected chi connectivity index (χ2v) is 8.21. The predicted octanol–water partition coefficient (Wildman–Crippen LogP) is 6.51. The normalized spacial score (nSPS) is 11.3. The maximum absolute atomic E-state index is 13.4. The van der Waals surface area contributed by atoms with Gasteiger partial charge in [0.15, 0.2) is 5.13 Å². The zero-order chi connectivity index (χ0) is 19.7. The van der Waals surface area contributed by atoms with E-state index in [-0.39, 0.29) is 12.5 Å². The summed E-state index contributed by atoms with van der Waals surface area (Å²) in [6, 6.07) is 16.9. The number of nitrogens with zero attached hydrogens (tertiary/aromatic N) is 2. The number of aromatic nitrogens is 1. The highest BCUT2D eigenvalue weighted by molar-refractivity contribution is 7.22. The van der Waals surface area contributed by atoms with Gasteiger partial charge < -0.3 is 4.42 Å². The minimum absolute atomic E-state index is 0.202. The maximum Gasteiger partial charge on any atom is 0.262 e. The Bertz CT molecular complexity index is 1120. The van der Waals surface area contributed by atoms with Crippen LogP contribution in [0.5, 0.6) is 0 Å². The summed E-state index contributed by atoms with van der Waals surface area (Å²) in [5, 5.41) is 1.05. The molecule has 2 aromatic carbocycles. The molecule has 0 spiro atoms. The topological polar surface area (TPSA) is 46.3 Å². The van der Waals surface area contributed by atoms with E-state index in [1.807, 2.05) is 30.3 Å². The molecule has 2 heterocycles. The Morgan fingerprint density at radius 2 is 1.96 bits per heavy atom. The average molecular weight is 411 g/mol. The first kappa shape index (κ1) is 18.7. The average Bonchev–Trinajstić information content (AvgIpc) is 3.34. The minimum Gasteiger partial charge on any atom is -0.467 e. The number of fused-ring (bicyclic) bond motifs is 1. The number of hydrogen-bond donors (Lipinski definition) is 0. The maximum atomic E-state index is 13.4. The molecule has 2 aromatic heterocycles. The van der Waals surface area contributed by atoms with Crippen molar-refractivity contribution in [3.05, 3.63) is 82.8 Å². The first-order chi connectivity index (χ1) is 13.5. The van der Waals surface area contributed by atoms with Crippen LogP contribution in [0.4, 0.5) is 5.13 Å². The first-order valence-corrected chi connectivity index (χ1v) is 10.2. The number of para-hydroxylation sites is 1. The van der Waals surface area contributed by atoms with Crippen molar-refractivity contribution in [2.24, 2.45) is 0 Å². The lowest BCUT2D eigenvalue weighted by Gasteiger charge is -2.19. The molecule has 0 saturated heterocycles. The highest BCUT2D eigenvalue weighted by atomic mass is 35.5. The summed E-state index contributed by atoms with van der Waals surface area (Å²) in [5.41, 5.74) is 2.55. The molecule has 1 amide bonds. The molecule has 0 radical (unpaired) electrons. The number of halogens is 1. The molecule has 0 aliphatic carbocycles. The molecular weight excluding hydrogens is 392 g/mol. The SMILES string of the molecule is CC(C)c1cccc2sc(N(Cc3ccco3)C(=O)c3ccccc3Cl)nc12. The van der Waals surface area contributed by atoms with Gasteiger partial charge in [-0.25, -0.2) is 4.98 Å². The zero-order valence-corrected chi connectivity index (χ0v) is 17.1. The van der Waals surface area contributed by atoms with Crippen LogP contribution in [0, 0.1) is 0 Å². The second kappa shape index (κ2) is 7.78. The van der Waals surface area contributed by atoms with Crippen molar-refractivity contribution in [3.63, 3.8) is 0 Å². The van der Waals surface area contributed by atoms with Crippen LogP contribution in [0.15, 0.2) is 65.3 Å². The number of hydrogen-bond acceptors (Lipinski definition) is 4. The van der Waals surface area contributed by atoms with Gasteiger partial charge in [-0.2, -0.15) is 0 Å². The van der Waals surface area contributed by atoms with Gasteiger partial charge in [-0.1, -0.05) is 61.1 Å². The molecule has 0 fully saturated rings. The molecule has 4 nitrogen and oxygen atoms in total. The Labute approximate surface area is 172 Å². The van der Waals surface area contributed by atoms with Gasteiger partial charge in [-0.15, -0.1) is 0 Å². The van der Waals surface area contributed by atoms with Crippen molar-refractivity contribution in [2.45, 2.75) is 26.3 Å². The van der Waals surface area contributed by atoms with Gasteiger partial charge in [0.2, 0.25) is 0 Å².